The van der Waals surface area contributed by atoms with Crippen LogP contribution in [0.3, 0.4) is 0 Å². The minimum absolute atomic E-state index is 0.480. The number of thiophene rings is 1. The number of benzene rings is 1. The molecule has 2 aromatic rings. The summed E-state index contributed by atoms with van der Waals surface area (Å²) in [4.78, 5) is 1.43. The van der Waals surface area contributed by atoms with Crippen molar-refractivity contribution in [1.82, 2.24) is 5.32 Å². The standard InChI is InChI=1S/C15H17NS/c1-11(15-8-5-9-17-15)16-14-10-13(14)12-6-3-2-4-7-12/h2-9,11,13-14,16H,10H2,1H3. The Hall–Kier alpha value is -1.12. The van der Waals surface area contributed by atoms with E-state index in [9.17, 15) is 0 Å². The molecule has 0 amide bonds. The zero-order chi connectivity index (χ0) is 11.7. The molecule has 0 radical (unpaired) electrons. The Morgan fingerprint density at radius 3 is 2.71 bits per heavy atom. The Morgan fingerprint density at radius 2 is 2.00 bits per heavy atom. The van der Waals surface area contributed by atoms with Crippen molar-refractivity contribution in [2.24, 2.45) is 0 Å². The Morgan fingerprint density at radius 1 is 1.18 bits per heavy atom. The zero-order valence-electron chi connectivity index (χ0n) is 9.97. The van der Waals surface area contributed by atoms with Gasteiger partial charge in [-0.3, -0.25) is 0 Å². The molecule has 17 heavy (non-hydrogen) atoms. The molecule has 3 unspecified atom stereocenters. The predicted molar refractivity (Wildman–Crippen MR) is 73.5 cm³/mol. The Kier molecular flexibility index (Phi) is 3.00. The fourth-order valence-electron chi connectivity index (χ4n) is 2.39. The average Bonchev–Trinajstić information content (AvgIpc) is 2.92. The quantitative estimate of drug-likeness (QED) is 0.857. The van der Waals surface area contributed by atoms with Crippen LogP contribution >= 0.6 is 11.3 Å². The number of hydrogen-bond donors (Lipinski definition) is 1. The van der Waals surface area contributed by atoms with Crippen LogP contribution in [-0.4, -0.2) is 6.04 Å². The van der Waals surface area contributed by atoms with Crippen molar-refractivity contribution in [3.63, 3.8) is 0 Å². The molecule has 0 saturated heterocycles. The first-order valence-corrected chi connectivity index (χ1v) is 7.07. The number of rotatable bonds is 4. The highest BCUT2D eigenvalue weighted by molar-refractivity contribution is 7.10. The van der Waals surface area contributed by atoms with Crippen molar-refractivity contribution in [2.75, 3.05) is 0 Å². The summed E-state index contributed by atoms with van der Waals surface area (Å²) < 4.78 is 0. The maximum Gasteiger partial charge on any atom is 0.0388 e. The van der Waals surface area contributed by atoms with Crippen LogP contribution in [-0.2, 0) is 0 Å². The molecule has 1 aromatic heterocycles. The van der Waals surface area contributed by atoms with Gasteiger partial charge in [0.2, 0.25) is 0 Å². The monoisotopic (exact) mass is 243 g/mol. The fourth-order valence-corrected chi connectivity index (χ4v) is 3.13. The van der Waals surface area contributed by atoms with E-state index in [4.69, 9.17) is 0 Å². The van der Waals surface area contributed by atoms with E-state index in [0.717, 1.165) is 5.92 Å². The average molecular weight is 243 g/mol. The van der Waals surface area contributed by atoms with Gasteiger partial charge in [-0.25, -0.2) is 0 Å². The van der Waals surface area contributed by atoms with Crippen LogP contribution in [0.1, 0.15) is 35.7 Å². The van der Waals surface area contributed by atoms with Gasteiger partial charge in [0, 0.05) is 22.9 Å². The molecule has 1 heterocycles. The third kappa shape index (κ3) is 2.43. The van der Waals surface area contributed by atoms with E-state index in [0.29, 0.717) is 12.1 Å². The van der Waals surface area contributed by atoms with Crippen LogP contribution < -0.4 is 5.32 Å². The van der Waals surface area contributed by atoms with Gasteiger partial charge in [-0.1, -0.05) is 36.4 Å². The van der Waals surface area contributed by atoms with E-state index in [1.807, 2.05) is 11.3 Å². The molecule has 0 spiro atoms. The van der Waals surface area contributed by atoms with Crippen LogP contribution in [0.2, 0.25) is 0 Å². The van der Waals surface area contributed by atoms with Crippen LogP contribution in [0.5, 0.6) is 0 Å². The van der Waals surface area contributed by atoms with Gasteiger partial charge < -0.3 is 5.32 Å². The van der Waals surface area contributed by atoms with E-state index >= 15 is 0 Å². The summed E-state index contributed by atoms with van der Waals surface area (Å²) in [7, 11) is 0. The Bertz CT molecular complexity index is 463. The molecule has 88 valence electrons. The lowest BCUT2D eigenvalue weighted by atomic mass is 10.1. The first-order chi connectivity index (χ1) is 8.34. The van der Waals surface area contributed by atoms with Crippen LogP contribution in [0.25, 0.3) is 0 Å². The third-order valence-electron chi connectivity index (χ3n) is 3.45. The highest BCUT2D eigenvalue weighted by Gasteiger charge is 2.38. The zero-order valence-corrected chi connectivity index (χ0v) is 10.8. The van der Waals surface area contributed by atoms with E-state index in [1.54, 1.807) is 0 Å². The molecule has 0 bridgehead atoms. The third-order valence-corrected chi connectivity index (χ3v) is 4.51. The molecule has 1 N–H and O–H groups in total. The highest BCUT2D eigenvalue weighted by Crippen LogP contribution is 2.42. The van der Waals surface area contributed by atoms with Crippen LogP contribution in [0.4, 0.5) is 0 Å². The topological polar surface area (TPSA) is 12.0 Å². The molecule has 3 rings (SSSR count). The van der Waals surface area contributed by atoms with Crippen molar-refractivity contribution in [3.05, 3.63) is 58.3 Å². The number of nitrogens with one attached hydrogen (secondary N) is 1. The van der Waals surface area contributed by atoms with E-state index in [2.05, 4.69) is 60.1 Å². The van der Waals surface area contributed by atoms with Crippen molar-refractivity contribution < 1.29 is 0 Å². The minimum atomic E-state index is 0.480. The molecular formula is C15H17NS. The van der Waals surface area contributed by atoms with Gasteiger partial charge in [0.1, 0.15) is 0 Å². The highest BCUT2D eigenvalue weighted by atomic mass is 32.1. The smallest absolute Gasteiger partial charge is 0.0388 e. The minimum Gasteiger partial charge on any atom is -0.306 e. The van der Waals surface area contributed by atoms with E-state index in [1.165, 1.54) is 16.9 Å². The van der Waals surface area contributed by atoms with Gasteiger partial charge >= 0.3 is 0 Å². The lowest BCUT2D eigenvalue weighted by Gasteiger charge is -2.11. The first-order valence-electron chi connectivity index (χ1n) is 6.19. The van der Waals surface area contributed by atoms with E-state index < -0.39 is 0 Å². The second-order valence-electron chi connectivity index (χ2n) is 4.76. The SMILES string of the molecule is CC(NC1CC1c1ccccc1)c1cccs1. The summed E-state index contributed by atoms with van der Waals surface area (Å²) >= 11 is 1.84. The second kappa shape index (κ2) is 4.63. The lowest BCUT2D eigenvalue weighted by molar-refractivity contribution is 0.570. The first kappa shape index (κ1) is 11.0. The predicted octanol–water partition coefficient (Wildman–Crippen LogP) is 3.95. The summed E-state index contributed by atoms with van der Waals surface area (Å²) in [5.74, 6) is 0.721. The number of hydrogen-bond acceptors (Lipinski definition) is 2. The summed E-state index contributed by atoms with van der Waals surface area (Å²) in [6.45, 7) is 2.26. The normalized spacial score (nSPS) is 24.5. The molecule has 2 heteroatoms. The van der Waals surface area contributed by atoms with Crippen LogP contribution in [0, 0.1) is 0 Å². The van der Waals surface area contributed by atoms with Gasteiger partial charge in [0.15, 0.2) is 0 Å². The molecule has 0 aliphatic heterocycles. The molecule has 1 aromatic carbocycles. The molecule has 1 aliphatic rings. The van der Waals surface area contributed by atoms with Gasteiger partial charge in [-0.2, -0.15) is 0 Å². The maximum absolute atomic E-state index is 3.72. The second-order valence-corrected chi connectivity index (χ2v) is 5.74. The van der Waals surface area contributed by atoms with Crippen molar-refractivity contribution in [1.29, 1.82) is 0 Å². The van der Waals surface area contributed by atoms with Gasteiger partial charge in [0.05, 0.1) is 0 Å². The van der Waals surface area contributed by atoms with E-state index in [-0.39, 0.29) is 0 Å². The van der Waals surface area contributed by atoms with Crippen molar-refractivity contribution in [3.8, 4) is 0 Å². The van der Waals surface area contributed by atoms with Crippen molar-refractivity contribution in [2.45, 2.75) is 31.3 Å². The maximum atomic E-state index is 3.72. The van der Waals surface area contributed by atoms with Gasteiger partial charge in [0.25, 0.3) is 0 Å². The largest absolute Gasteiger partial charge is 0.306 e. The van der Waals surface area contributed by atoms with Gasteiger partial charge in [-0.05, 0) is 30.4 Å². The molecular weight excluding hydrogens is 226 g/mol. The molecule has 3 atom stereocenters. The molecule has 1 aliphatic carbocycles. The summed E-state index contributed by atoms with van der Waals surface area (Å²) in [5, 5.41) is 5.86. The molecule has 1 fully saturated rings. The molecule has 1 nitrogen and oxygen atoms in total. The Balaban J connectivity index is 1.59. The summed E-state index contributed by atoms with van der Waals surface area (Å²) in [6.07, 6.45) is 1.28. The fraction of sp³-hybridized carbons (Fsp3) is 0.333. The summed E-state index contributed by atoms with van der Waals surface area (Å²) in [6, 6.07) is 16.3. The lowest BCUT2D eigenvalue weighted by Crippen LogP contribution is -2.21. The summed E-state index contributed by atoms with van der Waals surface area (Å²) in [5.41, 5.74) is 1.48. The van der Waals surface area contributed by atoms with Gasteiger partial charge in [-0.15, -0.1) is 11.3 Å². The van der Waals surface area contributed by atoms with Crippen LogP contribution in [0.15, 0.2) is 47.8 Å². The molecule has 1 saturated carbocycles. The van der Waals surface area contributed by atoms with Crippen molar-refractivity contribution >= 4 is 11.3 Å². The Labute approximate surface area is 106 Å².